The summed E-state index contributed by atoms with van der Waals surface area (Å²) in [6, 6.07) is 15.7. The number of carbonyl (C=O) groups is 1. The fraction of sp³-hybridized carbons (Fsp3) is 0.278. The third kappa shape index (κ3) is 5.60. The molecule has 2 rings (SSSR count). The van der Waals surface area contributed by atoms with Crippen molar-refractivity contribution in [2.75, 3.05) is 6.61 Å². The van der Waals surface area contributed by atoms with Crippen molar-refractivity contribution in [1.82, 2.24) is 0 Å². The zero-order chi connectivity index (χ0) is 15.1. The summed E-state index contributed by atoms with van der Waals surface area (Å²) < 4.78 is 5.72. The van der Waals surface area contributed by atoms with Gasteiger partial charge in [-0.05, 0) is 48.7 Å². The minimum Gasteiger partial charge on any atom is -0.493 e. The number of ketones is 1. The van der Waals surface area contributed by atoms with Crippen LogP contribution >= 0.6 is 11.6 Å². The van der Waals surface area contributed by atoms with E-state index < -0.39 is 0 Å². The van der Waals surface area contributed by atoms with Gasteiger partial charge in [0.2, 0.25) is 0 Å². The highest BCUT2D eigenvalue weighted by atomic mass is 35.5. The molecule has 0 N–H and O–H groups in total. The van der Waals surface area contributed by atoms with Crippen LogP contribution in [-0.4, -0.2) is 12.4 Å². The van der Waals surface area contributed by atoms with Crippen LogP contribution in [0.25, 0.3) is 0 Å². The van der Waals surface area contributed by atoms with Crippen molar-refractivity contribution in [2.45, 2.75) is 26.2 Å². The minimum atomic E-state index is 0.219. The molecular formula is C18H19ClO2. The maximum Gasteiger partial charge on any atom is 0.130 e. The molecule has 0 aliphatic carbocycles. The van der Waals surface area contributed by atoms with Gasteiger partial charge in [-0.3, -0.25) is 0 Å². The van der Waals surface area contributed by atoms with Crippen molar-refractivity contribution >= 4 is 17.4 Å². The number of rotatable bonds is 7. The lowest BCUT2D eigenvalue weighted by atomic mass is 10.1. The molecule has 0 amide bonds. The first-order valence-corrected chi connectivity index (χ1v) is 7.47. The summed E-state index contributed by atoms with van der Waals surface area (Å²) in [5, 5.41) is 0.752. The van der Waals surface area contributed by atoms with Crippen LogP contribution in [-0.2, 0) is 17.6 Å². The molecule has 21 heavy (non-hydrogen) atoms. The Kier molecular flexibility index (Phi) is 5.82. The van der Waals surface area contributed by atoms with Gasteiger partial charge in [-0.25, -0.2) is 0 Å². The molecule has 0 atom stereocenters. The van der Waals surface area contributed by atoms with Gasteiger partial charge in [-0.2, -0.15) is 0 Å². The van der Waals surface area contributed by atoms with E-state index in [0.29, 0.717) is 13.0 Å². The van der Waals surface area contributed by atoms with Gasteiger partial charge in [0.15, 0.2) is 0 Å². The van der Waals surface area contributed by atoms with Crippen LogP contribution in [0.2, 0.25) is 5.02 Å². The molecule has 0 unspecified atom stereocenters. The average molecular weight is 303 g/mol. The van der Waals surface area contributed by atoms with Crippen molar-refractivity contribution in [3.05, 3.63) is 64.7 Å². The van der Waals surface area contributed by atoms with Crippen molar-refractivity contribution in [3.8, 4) is 5.75 Å². The molecule has 2 aromatic carbocycles. The number of aryl methyl sites for hydroxylation is 1. The number of ether oxygens (including phenoxy) is 1. The van der Waals surface area contributed by atoms with E-state index in [1.165, 1.54) is 5.56 Å². The second kappa shape index (κ2) is 7.84. The van der Waals surface area contributed by atoms with Crippen LogP contribution in [0.3, 0.4) is 0 Å². The van der Waals surface area contributed by atoms with E-state index in [1.807, 2.05) is 48.5 Å². The first kappa shape index (κ1) is 15.6. The highest BCUT2D eigenvalue weighted by molar-refractivity contribution is 6.30. The lowest BCUT2D eigenvalue weighted by Crippen LogP contribution is -2.01. The van der Waals surface area contributed by atoms with Gasteiger partial charge in [0.05, 0.1) is 6.61 Å². The third-order valence-corrected chi connectivity index (χ3v) is 3.47. The predicted octanol–water partition coefficient (Wildman–Crippen LogP) is 4.48. The topological polar surface area (TPSA) is 26.3 Å². The molecule has 2 nitrogen and oxygen atoms in total. The molecule has 0 radical (unpaired) electrons. The van der Waals surface area contributed by atoms with Gasteiger partial charge >= 0.3 is 0 Å². The minimum absolute atomic E-state index is 0.219. The van der Waals surface area contributed by atoms with Crippen LogP contribution in [0.4, 0.5) is 0 Å². The lowest BCUT2D eigenvalue weighted by molar-refractivity contribution is -0.116. The summed E-state index contributed by atoms with van der Waals surface area (Å²) in [5.74, 6) is 1.07. The lowest BCUT2D eigenvalue weighted by Gasteiger charge is -2.07. The van der Waals surface area contributed by atoms with Gasteiger partial charge in [0.1, 0.15) is 11.5 Å². The zero-order valence-electron chi connectivity index (χ0n) is 12.1. The van der Waals surface area contributed by atoms with Gasteiger partial charge in [-0.15, -0.1) is 0 Å². The van der Waals surface area contributed by atoms with E-state index in [2.05, 4.69) is 0 Å². The van der Waals surface area contributed by atoms with E-state index in [1.54, 1.807) is 6.92 Å². The van der Waals surface area contributed by atoms with E-state index in [9.17, 15) is 4.79 Å². The number of Topliss-reactive ketones (excluding diaryl/α,β-unsaturated/α-hetero) is 1. The second-order valence-corrected chi connectivity index (χ2v) is 5.51. The van der Waals surface area contributed by atoms with Crippen LogP contribution in [0.1, 0.15) is 24.5 Å². The summed E-state index contributed by atoms with van der Waals surface area (Å²) in [7, 11) is 0. The molecule has 110 valence electrons. The van der Waals surface area contributed by atoms with Crippen LogP contribution in [0, 0.1) is 0 Å². The number of benzene rings is 2. The van der Waals surface area contributed by atoms with E-state index in [0.717, 1.165) is 29.2 Å². The molecule has 0 aliphatic heterocycles. The smallest absolute Gasteiger partial charge is 0.130 e. The van der Waals surface area contributed by atoms with E-state index in [4.69, 9.17) is 16.3 Å². The highest BCUT2D eigenvalue weighted by Gasteiger charge is 1.99. The molecule has 0 saturated heterocycles. The van der Waals surface area contributed by atoms with Crippen molar-refractivity contribution < 1.29 is 9.53 Å². The number of hydrogen-bond donors (Lipinski definition) is 0. The fourth-order valence-corrected chi connectivity index (χ4v) is 2.26. The molecule has 0 aromatic heterocycles. The summed E-state index contributed by atoms with van der Waals surface area (Å²) in [6.45, 7) is 2.24. The first-order valence-electron chi connectivity index (χ1n) is 7.09. The maximum absolute atomic E-state index is 10.9. The molecule has 0 spiro atoms. The summed E-state index contributed by atoms with van der Waals surface area (Å²) in [5.41, 5.74) is 2.33. The maximum atomic E-state index is 10.9. The van der Waals surface area contributed by atoms with Crippen LogP contribution < -0.4 is 4.74 Å². The number of halogens is 1. The normalized spacial score (nSPS) is 10.4. The Labute approximate surface area is 130 Å². The Morgan fingerprint density at radius 2 is 1.81 bits per heavy atom. The Morgan fingerprint density at radius 1 is 1.05 bits per heavy atom. The highest BCUT2D eigenvalue weighted by Crippen LogP contribution is 2.15. The monoisotopic (exact) mass is 302 g/mol. The molecular weight excluding hydrogens is 284 g/mol. The van der Waals surface area contributed by atoms with Crippen molar-refractivity contribution in [3.63, 3.8) is 0 Å². The van der Waals surface area contributed by atoms with Gasteiger partial charge in [0.25, 0.3) is 0 Å². The van der Waals surface area contributed by atoms with Crippen molar-refractivity contribution in [2.24, 2.45) is 0 Å². The summed E-state index contributed by atoms with van der Waals surface area (Å²) in [6.07, 6.45) is 2.21. The third-order valence-electron chi connectivity index (χ3n) is 3.24. The Balaban J connectivity index is 1.79. The van der Waals surface area contributed by atoms with Gasteiger partial charge in [0, 0.05) is 17.9 Å². The Hall–Kier alpha value is -1.80. The summed E-state index contributed by atoms with van der Waals surface area (Å²) >= 11 is 5.95. The number of carbonyl (C=O) groups excluding carboxylic acids is 1. The fourth-order valence-electron chi connectivity index (χ4n) is 2.05. The Bertz CT molecular complexity index is 590. The molecule has 0 bridgehead atoms. The predicted molar refractivity (Wildman–Crippen MR) is 86.1 cm³/mol. The first-order chi connectivity index (χ1) is 10.1. The van der Waals surface area contributed by atoms with E-state index in [-0.39, 0.29) is 5.78 Å². The SMILES string of the molecule is CC(=O)CCc1ccc(OCCc2cccc(Cl)c2)cc1. The van der Waals surface area contributed by atoms with Crippen LogP contribution in [0.15, 0.2) is 48.5 Å². The average Bonchev–Trinajstić information content (AvgIpc) is 2.46. The second-order valence-electron chi connectivity index (χ2n) is 5.07. The quantitative estimate of drug-likeness (QED) is 0.753. The molecule has 0 heterocycles. The van der Waals surface area contributed by atoms with Crippen LogP contribution in [0.5, 0.6) is 5.75 Å². The van der Waals surface area contributed by atoms with E-state index >= 15 is 0 Å². The zero-order valence-corrected chi connectivity index (χ0v) is 12.9. The molecule has 0 fully saturated rings. The largest absolute Gasteiger partial charge is 0.493 e. The van der Waals surface area contributed by atoms with Gasteiger partial charge in [-0.1, -0.05) is 35.9 Å². The van der Waals surface area contributed by atoms with Crippen molar-refractivity contribution in [1.29, 1.82) is 0 Å². The van der Waals surface area contributed by atoms with Gasteiger partial charge < -0.3 is 9.53 Å². The molecule has 0 aliphatic rings. The molecule has 2 aromatic rings. The standard InChI is InChI=1S/C18H19ClO2/c1-14(20)5-6-15-7-9-18(10-8-15)21-12-11-16-3-2-4-17(19)13-16/h2-4,7-10,13H,5-6,11-12H2,1H3. The molecule has 0 saturated carbocycles. The summed E-state index contributed by atoms with van der Waals surface area (Å²) in [4.78, 5) is 10.9. The number of hydrogen-bond acceptors (Lipinski definition) is 2. The Morgan fingerprint density at radius 3 is 2.48 bits per heavy atom. The molecule has 3 heteroatoms.